The number of hydrogen-bond acceptors (Lipinski definition) is 4. The van der Waals surface area contributed by atoms with Crippen molar-refractivity contribution in [2.45, 2.75) is 20.8 Å². The second kappa shape index (κ2) is 8.21. The van der Waals surface area contributed by atoms with Crippen LogP contribution in [0.1, 0.15) is 16.7 Å². The summed E-state index contributed by atoms with van der Waals surface area (Å²) in [5, 5.41) is 15.2. The smallest absolute Gasteiger partial charge is 0.267 e. The number of nitriles is 1. The monoisotopic (exact) mass is 348 g/mol. The molecule has 5 nitrogen and oxygen atoms in total. The number of carbonyl (C=O) groups excluding carboxylic acids is 1. The maximum Gasteiger partial charge on any atom is 0.267 e. The van der Waals surface area contributed by atoms with Crippen LogP contribution < -0.4 is 15.5 Å². The van der Waals surface area contributed by atoms with Crippen LogP contribution in [-0.2, 0) is 4.79 Å². The summed E-state index contributed by atoms with van der Waals surface area (Å²) < 4.78 is 0. The number of nitrogens with one attached hydrogen (secondary N) is 2. The first-order valence-electron chi connectivity index (χ1n) is 8.35. The number of anilines is 3. The second-order valence-corrected chi connectivity index (χ2v) is 6.48. The molecule has 134 valence electrons. The first-order valence-corrected chi connectivity index (χ1v) is 8.35. The third-order valence-electron chi connectivity index (χ3n) is 4.05. The summed E-state index contributed by atoms with van der Waals surface area (Å²) in [6.07, 6.45) is 1.43. The number of rotatable bonds is 5. The average Bonchev–Trinajstić information content (AvgIpc) is 2.59. The Bertz CT molecular complexity index is 851. The highest BCUT2D eigenvalue weighted by molar-refractivity contribution is 6.07. The topological polar surface area (TPSA) is 68.2 Å². The molecule has 0 aliphatic heterocycles. The molecule has 2 rings (SSSR count). The molecule has 2 N–H and O–H groups in total. The minimum Gasteiger partial charge on any atom is -0.378 e. The number of hydrogen-bond donors (Lipinski definition) is 2. The summed E-state index contributed by atoms with van der Waals surface area (Å²) in [6, 6.07) is 13.7. The molecule has 26 heavy (non-hydrogen) atoms. The van der Waals surface area contributed by atoms with Crippen LogP contribution in [0.4, 0.5) is 17.1 Å². The van der Waals surface area contributed by atoms with Crippen LogP contribution >= 0.6 is 0 Å². The van der Waals surface area contributed by atoms with Gasteiger partial charge in [-0.15, -0.1) is 0 Å². The van der Waals surface area contributed by atoms with E-state index in [9.17, 15) is 10.1 Å². The van der Waals surface area contributed by atoms with E-state index >= 15 is 0 Å². The van der Waals surface area contributed by atoms with E-state index < -0.39 is 5.91 Å². The SMILES string of the molecule is Cc1cc(C)c(NC(=O)/C(C#N)=C\Nc2ccc(N(C)C)cc2)c(C)c1. The van der Waals surface area contributed by atoms with Crippen molar-refractivity contribution in [1.82, 2.24) is 0 Å². The van der Waals surface area contributed by atoms with Crippen molar-refractivity contribution in [2.24, 2.45) is 0 Å². The van der Waals surface area contributed by atoms with Crippen LogP contribution in [0.3, 0.4) is 0 Å². The molecular formula is C21H24N4O. The van der Waals surface area contributed by atoms with Crippen molar-refractivity contribution >= 4 is 23.0 Å². The molecule has 0 saturated heterocycles. The quantitative estimate of drug-likeness (QED) is 0.629. The Morgan fingerprint density at radius 2 is 1.65 bits per heavy atom. The van der Waals surface area contributed by atoms with Gasteiger partial charge in [0.2, 0.25) is 0 Å². The second-order valence-electron chi connectivity index (χ2n) is 6.48. The van der Waals surface area contributed by atoms with Gasteiger partial charge in [-0.25, -0.2) is 0 Å². The normalized spacial score (nSPS) is 10.8. The van der Waals surface area contributed by atoms with Gasteiger partial charge in [-0.1, -0.05) is 17.7 Å². The van der Waals surface area contributed by atoms with Crippen molar-refractivity contribution in [3.05, 3.63) is 64.9 Å². The Hall–Kier alpha value is -3.26. The van der Waals surface area contributed by atoms with Gasteiger partial charge in [0.05, 0.1) is 0 Å². The number of nitrogens with zero attached hydrogens (tertiary/aromatic N) is 2. The number of aryl methyl sites for hydroxylation is 3. The zero-order valence-corrected chi connectivity index (χ0v) is 15.8. The van der Waals surface area contributed by atoms with E-state index in [-0.39, 0.29) is 5.57 Å². The fourth-order valence-corrected chi connectivity index (χ4v) is 2.72. The van der Waals surface area contributed by atoms with E-state index in [1.54, 1.807) is 0 Å². The van der Waals surface area contributed by atoms with Crippen molar-refractivity contribution in [3.63, 3.8) is 0 Å². The number of carbonyl (C=O) groups is 1. The van der Waals surface area contributed by atoms with Crippen molar-refractivity contribution in [2.75, 3.05) is 29.6 Å². The standard InChI is InChI=1S/C21H24N4O/c1-14-10-15(2)20(16(3)11-14)24-21(26)17(12-22)13-23-18-6-8-19(9-7-18)25(4)5/h6-11,13,23H,1-5H3,(H,24,26)/b17-13-. The van der Waals surface area contributed by atoms with E-state index in [4.69, 9.17) is 0 Å². The minimum atomic E-state index is -0.431. The molecule has 0 aliphatic carbocycles. The van der Waals surface area contributed by atoms with E-state index in [1.165, 1.54) is 6.20 Å². The molecule has 0 heterocycles. The van der Waals surface area contributed by atoms with Gasteiger partial charge >= 0.3 is 0 Å². The first kappa shape index (κ1) is 19.1. The van der Waals surface area contributed by atoms with Gasteiger partial charge in [0.1, 0.15) is 11.6 Å². The summed E-state index contributed by atoms with van der Waals surface area (Å²) in [6.45, 7) is 5.89. The zero-order chi connectivity index (χ0) is 19.3. The highest BCUT2D eigenvalue weighted by Gasteiger charge is 2.12. The molecule has 0 fully saturated rings. The van der Waals surface area contributed by atoms with Gasteiger partial charge in [0.25, 0.3) is 5.91 Å². The molecule has 1 amide bonds. The van der Waals surface area contributed by atoms with Crippen LogP contribution in [0, 0.1) is 32.1 Å². The Balaban J connectivity index is 2.13. The first-order chi connectivity index (χ1) is 12.3. The van der Waals surface area contributed by atoms with Gasteiger partial charge in [0.15, 0.2) is 0 Å². The fraction of sp³-hybridized carbons (Fsp3) is 0.238. The number of amides is 1. The largest absolute Gasteiger partial charge is 0.378 e. The van der Waals surface area contributed by atoms with E-state index in [0.29, 0.717) is 0 Å². The molecule has 0 spiro atoms. The predicted molar refractivity (Wildman–Crippen MR) is 107 cm³/mol. The lowest BCUT2D eigenvalue weighted by Gasteiger charge is -2.13. The highest BCUT2D eigenvalue weighted by atomic mass is 16.1. The van der Waals surface area contributed by atoms with E-state index in [0.717, 1.165) is 33.8 Å². The average molecular weight is 348 g/mol. The Kier molecular flexibility index (Phi) is 6.03. The van der Waals surface area contributed by atoms with Crippen LogP contribution in [0.15, 0.2) is 48.2 Å². The minimum absolute atomic E-state index is 0.0149. The lowest BCUT2D eigenvalue weighted by molar-refractivity contribution is -0.112. The predicted octanol–water partition coefficient (Wildman–Crippen LogP) is 4.14. The van der Waals surface area contributed by atoms with Gasteiger partial charge in [-0.3, -0.25) is 4.79 Å². The third-order valence-corrected chi connectivity index (χ3v) is 4.05. The Labute approximate surface area is 154 Å². The van der Waals surface area contributed by atoms with Crippen LogP contribution in [0.5, 0.6) is 0 Å². The molecule has 0 aliphatic rings. The van der Waals surface area contributed by atoms with Gasteiger partial charge in [-0.2, -0.15) is 5.26 Å². The molecule has 0 radical (unpaired) electrons. The Morgan fingerprint density at radius 1 is 1.08 bits per heavy atom. The zero-order valence-electron chi connectivity index (χ0n) is 15.8. The number of benzene rings is 2. The molecule has 5 heteroatoms. The van der Waals surface area contributed by atoms with Crippen LogP contribution in [0.2, 0.25) is 0 Å². The molecular weight excluding hydrogens is 324 g/mol. The Morgan fingerprint density at radius 3 is 2.15 bits per heavy atom. The summed E-state index contributed by atoms with van der Waals surface area (Å²) in [7, 11) is 3.94. The molecule has 2 aromatic rings. The van der Waals surface area contributed by atoms with E-state index in [2.05, 4.69) is 10.6 Å². The van der Waals surface area contributed by atoms with Gasteiger partial charge in [-0.05, 0) is 56.2 Å². The summed E-state index contributed by atoms with van der Waals surface area (Å²) in [4.78, 5) is 14.4. The molecule has 2 aromatic carbocycles. The fourth-order valence-electron chi connectivity index (χ4n) is 2.72. The molecule has 0 saturated carbocycles. The highest BCUT2D eigenvalue weighted by Crippen LogP contribution is 2.22. The summed E-state index contributed by atoms with van der Waals surface area (Å²) >= 11 is 0. The van der Waals surface area contributed by atoms with Crippen molar-refractivity contribution in [3.8, 4) is 6.07 Å². The molecule has 0 atom stereocenters. The summed E-state index contributed by atoms with van der Waals surface area (Å²) in [5.41, 5.74) is 5.72. The molecule has 0 unspecified atom stereocenters. The lowest BCUT2D eigenvalue weighted by atomic mass is 10.0. The maximum absolute atomic E-state index is 12.4. The maximum atomic E-state index is 12.4. The van der Waals surface area contributed by atoms with Gasteiger partial charge < -0.3 is 15.5 Å². The van der Waals surface area contributed by atoms with Gasteiger partial charge in [0, 0.05) is 37.4 Å². The van der Waals surface area contributed by atoms with Crippen molar-refractivity contribution in [1.29, 1.82) is 5.26 Å². The third kappa shape index (κ3) is 4.64. The van der Waals surface area contributed by atoms with Crippen LogP contribution in [0.25, 0.3) is 0 Å². The van der Waals surface area contributed by atoms with Crippen molar-refractivity contribution < 1.29 is 4.79 Å². The molecule has 0 bridgehead atoms. The van der Waals surface area contributed by atoms with E-state index in [1.807, 2.05) is 82.2 Å². The van der Waals surface area contributed by atoms with Crippen LogP contribution in [-0.4, -0.2) is 20.0 Å². The molecule has 0 aromatic heterocycles. The summed E-state index contributed by atoms with van der Waals surface area (Å²) in [5.74, 6) is -0.431. The lowest BCUT2D eigenvalue weighted by Crippen LogP contribution is -2.16.